The Kier molecular flexibility index (Phi) is 2.91. The Balaban J connectivity index is 2.22. The van der Waals surface area contributed by atoms with Crippen LogP contribution in [0.2, 0.25) is 39.3 Å². The Labute approximate surface area is 124 Å². The minimum absolute atomic E-state index is 1.19. The lowest BCUT2D eigenvalue weighted by Crippen LogP contribution is -2.34. The second-order valence-corrected chi connectivity index (χ2v) is 20.2. The van der Waals surface area contributed by atoms with Gasteiger partial charge in [-0.05, 0) is 21.1 Å². The largest absolute Gasteiger partial charge is 0.353 e. The van der Waals surface area contributed by atoms with Crippen LogP contribution in [0.15, 0.2) is 12.1 Å². The molecule has 1 N–H and O–H groups in total. The van der Waals surface area contributed by atoms with Crippen molar-refractivity contribution in [2.75, 3.05) is 0 Å². The maximum absolute atomic E-state index is 3.63. The summed E-state index contributed by atoms with van der Waals surface area (Å²) >= 11 is 4.04. The monoisotopic (exact) mass is 323 g/mol. The summed E-state index contributed by atoms with van der Waals surface area (Å²) in [6.45, 7) is 14.6. The van der Waals surface area contributed by atoms with Crippen molar-refractivity contribution in [3.05, 3.63) is 12.1 Å². The third kappa shape index (κ3) is 2.26. The van der Waals surface area contributed by atoms with Gasteiger partial charge in [-0.3, -0.25) is 0 Å². The molecule has 0 fully saturated rings. The third-order valence-electron chi connectivity index (χ3n) is 3.42. The standard InChI is InChI=1S/C14H21NS2Si2/c1-18(2,3)11-7-9-13(16-11)14-10(15-9)8-12(17-14)19(4,5)6/h7-8,15H,1-6H3. The highest BCUT2D eigenvalue weighted by atomic mass is 32.1. The molecule has 0 aliphatic rings. The van der Waals surface area contributed by atoms with E-state index in [1.165, 1.54) is 20.4 Å². The zero-order chi connectivity index (χ0) is 14.0. The van der Waals surface area contributed by atoms with Crippen LogP contribution in [0.5, 0.6) is 0 Å². The number of hydrogen-bond acceptors (Lipinski definition) is 2. The SMILES string of the molecule is C[Si](C)(C)c1cc2[nH]c3cc([Si](C)(C)C)sc3c2s1. The van der Waals surface area contributed by atoms with Gasteiger partial charge >= 0.3 is 0 Å². The first-order valence-corrected chi connectivity index (χ1v) is 15.4. The molecule has 0 radical (unpaired) electrons. The van der Waals surface area contributed by atoms with E-state index in [1.807, 2.05) is 22.7 Å². The van der Waals surface area contributed by atoms with Crippen LogP contribution in [0.4, 0.5) is 0 Å². The van der Waals surface area contributed by atoms with E-state index in [4.69, 9.17) is 0 Å². The summed E-state index contributed by atoms with van der Waals surface area (Å²) in [5.74, 6) is 0. The minimum atomic E-state index is -1.19. The van der Waals surface area contributed by atoms with Crippen molar-refractivity contribution in [2.24, 2.45) is 0 Å². The summed E-state index contributed by atoms with van der Waals surface area (Å²) in [7, 11) is -2.37. The average molecular weight is 324 g/mol. The van der Waals surface area contributed by atoms with Gasteiger partial charge in [-0.2, -0.15) is 0 Å². The quantitative estimate of drug-likeness (QED) is 0.667. The number of fused-ring (bicyclic) bond motifs is 3. The molecule has 3 heterocycles. The summed E-state index contributed by atoms with van der Waals surface area (Å²) in [6.07, 6.45) is 0. The van der Waals surface area contributed by atoms with Gasteiger partial charge in [0, 0.05) is 0 Å². The average Bonchev–Trinajstić information content (AvgIpc) is 2.81. The summed E-state index contributed by atoms with van der Waals surface area (Å²) < 4.78 is 6.20. The van der Waals surface area contributed by atoms with Gasteiger partial charge in [0.1, 0.15) is 0 Å². The van der Waals surface area contributed by atoms with Crippen LogP contribution in [0.1, 0.15) is 0 Å². The van der Waals surface area contributed by atoms with Gasteiger partial charge in [0.25, 0.3) is 0 Å². The molecule has 3 rings (SSSR count). The van der Waals surface area contributed by atoms with Crippen molar-refractivity contribution in [3.63, 3.8) is 0 Å². The van der Waals surface area contributed by atoms with Crippen LogP contribution in [0.25, 0.3) is 20.4 Å². The molecule has 3 aromatic heterocycles. The lowest BCUT2D eigenvalue weighted by atomic mass is 10.5. The molecular weight excluding hydrogens is 302 g/mol. The van der Waals surface area contributed by atoms with Gasteiger partial charge in [0.05, 0.1) is 36.6 Å². The molecule has 0 saturated heterocycles. The van der Waals surface area contributed by atoms with E-state index < -0.39 is 16.1 Å². The fourth-order valence-corrected chi connectivity index (χ4v) is 8.29. The van der Waals surface area contributed by atoms with Gasteiger partial charge in [0.2, 0.25) is 0 Å². The lowest BCUT2D eigenvalue weighted by molar-refractivity contribution is 1.57. The Bertz CT molecular complexity index is 687. The number of nitrogens with one attached hydrogen (secondary N) is 1. The summed E-state index contributed by atoms with van der Waals surface area (Å²) in [4.78, 5) is 3.63. The lowest BCUT2D eigenvalue weighted by Gasteiger charge is -2.12. The number of hydrogen-bond donors (Lipinski definition) is 1. The summed E-state index contributed by atoms with van der Waals surface area (Å²) in [6, 6.07) is 4.79. The molecule has 0 unspecified atom stereocenters. The summed E-state index contributed by atoms with van der Waals surface area (Å²) in [5, 5.41) is 0. The van der Waals surface area contributed by atoms with Gasteiger partial charge in [-0.25, -0.2) is 0 Å². The molecule has 0 saturated carbocycles. The van der Waals surface area contributed by atoms with Crippen molar-refractivity contribution >= 4 is 68.3 Å². The van der Waals surface area contributed by atoms with Crippen LogP contribution in [-0.2, 0) is 0 Å². The first-order valence-electron chi connectivity index (χ1n) is 6.72. The van der Waals surface area contributed by atoms with Crippen LogP contribution in [0, 0.1) is 0 Å². The Morgan fingerprint density at radius 2 is 1.11 bits per heavy atom. The molecule has 1 nitrogen and oxygen atoms in total. The predicted molar refractivity (Wildman–Crippen MR) is 97.5 cm³/mol. The van der Waals surface area contributed by atoms with Crippen molar-refractivity contribution < 1.29 is 0 Å². The van der Waals surface area contributed by atoms with Crippen molar-refractivity contribution in [1.82, 2.24) is 4.98 Å². The van der Waals surface area contributed by atoms with Crippen LogP contribution in [0.3, 0.4) is 0 Å². The molecule has 0 atom stereocenters. The fourth-order valence-electron chi connectivity index (χ4n) is 2.19. The Morgan fingerprint density at radius 1 is 0.737 bits per heavy atom. The second-order valence-electron chi connectivity index (χ2n) is 7.33. The number of H-pyrrole nitrogens is 1. The Morgan fingerprint density at radius 3 is 1.42 bits per heavy atom. The van der Waals surface area contributed by atoms with Crippen molar-refractivity contribution in [3.8, 4) is 0 Å². The van der Waals surface area contributed by atoms with E-state index in [-0.39, 0.29) is 0 Å². The molecule has 0 aliphatic carbocycles. The zero-order valence-corrected chi connectivity index (χ0v) is 16.1. The molecule has 102 valence electrons. The third-order valence-corrected chi connectivity index (χ3v) is 13.0. The number of aromatic nitrogens is 1. The van der Waals surface area contributed by atoms with E-state index in [0.717, 1.165) is 0 Å². The van der Waals surface area contributed by atoms with E-state index in [9.17, 15) is 0 Å². The van der Waals surface area contributed by atoms with Gasteiger partial charge < -0.3 is 4.98 Å². The zero-order valence-electron chi connectivity index (χ0n) is 12.5. The highest BCUT2D eigenvalue weighted by Crippen LogP contribution is 2.34. The summed E-state index contributed by atoms with van der Waals surface area (Å²) in [5.41, 5.74) is 2.71. The van der Waals surface area contributed by atoms with E-state index in [0.29, 0.717) is 0 Å². The van der Waals surface area contributed by atoms with Crippen LogP contribution >= 0.6 is 22.7 Å². The number of thiophene rings is 2. The van der Waals surface area contributed by atoms with Crippen molar-refractivity contribution in [2.45, 2.75) is 39.3 Å². The first-order chi connectivity index (χ1) is 8.66. The van der Waals surface area contributed by atoms with Gasteiger partial charge in [0.15, 0.2) is 0 Å². The smallest absolute Gasteiger partial charge is 0.0905 e. The molecule has 19 heavy (non-hydrogen) atoms. The number of rotatable bonds is 2. The predicted octanol–water partition coefficient (Wildman–Crippen LogP) is 4.53. The van der Waals surface area contributed by atoms with Crippen molar-refractivity contribution in [1.29, 1.82) is 0 Å². The maximum atomic E-state index is 3.63. The van der Waals surface area contributed by atoms with E-state index >= 15 is 0 Å². The fraction of sp³-hybridized carbons (Fsp3) is 0.429. The molecule has 0 aliphatic heterocycles. The van der Waals surface area contributed by atoms with E-state index in [1.54, 1.807) is 9.00 Å². The first kappa shape index (κ1) is 13.6. The normalized spacial score (nSPS) is 13.8. The minimum Gasteiger partial charge on any atom is -0.353 e. The highest BCUT2D eigenvalue weighted by Gasteiger charge is 2.24. The van der Waals surface area contributed by atoms with Crippen LogP contribution < -0.4 is 9.00 Å². The van der Waals surface area contributed by atoms with Crippen LogP contribution in [-0.4, -0.2) is 21.1 Å². The molecular formula is C14H21NS2Si2. The second kappa shape index (κ2) is 4.07. The van der Waals surface area contributed by atoms with Gasteiger partial charge in [-0.15, -0.1) is 22.7 Å². The molecule has 0 amide bonds. The highest BCUT2D eigenvalue weighted by molar-refractivity contribution is 7.37. The molecule has 0 aromatic carbocycles. The van der Waals surface area contributed by atoms with E-state index in [2.05, 4.69) is 56.4 Å². The molecule has 0 bridgehead atoms. The molecule has 5 heteroatoms. The number of aromatic amines is 1. The topological polar surface area (TPSA) is 15.8 Å². The molecule has 0 spiro atoms. The molecule has 3 aromatic rings. The maximum Gasteiger partial charge on any atom is 0.0905 e. The Hall–Kier alpha value is -0.366. The van der Waals surface area contributed by atoms with Gasteiger partial charge in [-0.1, -0.05) is 39.3 Å².